The van der Waals surface area contributed by atoms with E-state index in [2.05, 4.69) is 10.6 Å². The molecule has 2 amide bonds. The third-order valence-corrected chi connectivity index (χ3v) is 9.08. The minimum atomic E-state index is -1.51. The summed E-state index contributed by atoms with van der Waals surface area (Å²) in [5.74, 6) is -1.52. The van der Waals surface area contributed by atoms with Gasteiger partial charge >= 0.3 is 5.97 Å². The van der Waals surface area contributed by atoms with E-state index in [9.17, 15) is 19.5 Å². The van der Waals surface area contributed by atoms with E-state index in [1.807, 2.05) is 30.3 Å². The number of amides is 2. The predicted octanol–water partition coefficient (Wildman–Crippen LogP) is 8.45. The van der Waals surface area contributed by atoms with Crippen molar-refractivity contribution < 1.29 is 29.0 Å². The molecule has 4 aromatic carbocycles. The van der Waals surface area contributed by atoms with Crippen molar-refractivity contribution in [2.45, 2.75) is 10.1 Å². The summed E-state index contributed by atoms with van der Waals surface area (Å²) in [5, 5.41) is 13.3. The number of ether oxygens (including phenoxy) is 2. The maximum Gasteiger partial charge on any atom is 0.338 e. The van der Waals surface area contributed by atoms with Crippen molar-refractivity contribution in [3.05, 3.63) is 110 Å². The first-order chi connectivity index (χ1) is 20.1. The Hall–Kier alpha value is -3.60. The Morgan fingerprint density at radius 1 is 0.738 bits per heavy atom. The highest BCUT2D eigenvalue weighted by molar-refractivity contribution is 8.00. The number of carbonyl (C=O) groups excluding carboxylic acids is 2. The summed E-state index contributed by atoms with van der Waals surface area (Å²) in [6.07, 6.45) is 0. The van der Waals surface area contributed by atoms with Gasteiger partial charge in [0, 0.05) is 22.3 Å². The fourth-order valence-corrected chi connectivity index (χ4v) is 6.21. The van der Waals surface area contributed by atoms with Crippen LogP contribution >= 0.6 is 58.2 Å². The Labute approximate surface area is 263 Å². The molecule has 214 valence electrons. The number of fused-ring (bicyclic) bond motifs is 1. The Bertz CT molecular complexity index is 1720. The molecule has 0 spiro atoms. The summed E-state index contributed by atoms with van der Waals surface area (Å²) in [6, 6.07) is 21.0. The van der Waals surface area contributed by atoms with Crippen LogP contribution in [0.3, 0.4) is 0 Å². The van der Waals surface area contributed by atoms with Crippen molar-refractivity contribution in [3.63, 3.8) is 0 Å². The van der Waals surface area contributed by atoms with Gasteiger partial charge in [0.15, 0.2) is 11.5 Å². The molecule has 3 N–H and O–H groups in total. The van der Waals surface area contributed by atoms with Crippen LogP contribution in [0.1, 0.15) is 31.5 Å². The molecule has 13 heteroatoms. The van der Waals surface area contributed by atoms with Crippen molar-refractivity contribution in [2.24, 2.45) is 0 Å². The van der Waals surface area contributed by atoms with Gasteiger partial charge in [-0.05, 0) is 35.9 Å². The van der Waals surface area contributed by atoms with Crippen LogP contribution < -0.4 is 20.1 Å². The fourth-order valence-electron chi connectivity index (χ4n) is 4.11. The molecule has 0 aromatic heterocycles. The van der Waals surface area contributed by atoms with E-state index in [0.717, 1.165) is 5.56 Å². The fraction of sp³-hybridized carbons (Fsp3) is 0.0690. The summed E-state index contributed by atoms with van der Waals surface area (Å²) in [4.78, 5) is 39.3. The van der Waals surface area contributed by atoms with Gasteiger partial charge in [-0.3, -0.25) is 9.59 Å². The number of carboxylic acid groups (broad SMARTS) is 1. The molecule has 1 aliphatic rings. The van der Waals surface area contributed by atoms with Crippen molar-refractivity contribution >= 4 is 87.3 Å². The van der Waals surface area contributed by atoms with E-state index in [0.29, 0.717) is 27.8 Å². The van der Waals surface area contributed by atoms with Crippen LogP contribution in [-0.2, 0) is 4.79 Å². The molecule has 42 heavy (non-hydrogen) atoms. The molecule has 0 saturated carbocycles. The Balaban J connectivity index is 1.40. The highest BCUT2D eigenvalue weighted by Gasteiger charge is 2.29. The number of hydrogen-bond donors (Lipinski definition) is 3. The molecule has 1 aliphatic heterocycles. The number of rotatable bonds is 8. The SMILES string of the molecule is O=C(O)c1c(Cl)c(Cl)c(Cl)c(Cl)c1C(=O)Nc1cccc(SC(C(=O)Nc2ccc3c(c2)OCO3)c2ccccc2)c1. The van der Waals surface area contributed by atoms with Gasteiger partial charge in [0.05, 0.1) is 31.2 Å². The molecule has 4 aromatic rings. The molecular weight excluding hydrogens is 646 g/mol. The summed E-state index contributed by atoms with van der Waals surface area (Å²) >= 11 is 25.6. The van der Waals surface area contributed by atoms with Gasteiger partial charge in [0.1, 0.15) is 5.25 Å². The monoisotopic (exact) mass is 662 g/mol. The molecule has 0 bridgehead atoms. The summed E-state index contributed by atoms with van der Waals surface area (Å²) in [7, 11) is 0. The van der Waals surface area contributed by atoms with E-state index < -0.39 is 33.3 Å². The molecule has 0 radical (unpaired) electrons. The number of nitrogens with one attached hydrogen (secondary N) is 2. The highest BCUT2D eigenvalue weighted by atomic mass is 35.5. The molecule has 5 rings (SSSR count). The van der Waals surface area contributed by atoms with E-state index >= 15 is 0 Å². The first-order valence-electron chi connectivity index (χ1n) is 12.1. The Morgan fingerprint density at radius 2 is 1.40 bits per heavy atom. The van der Waals surface area contributed by atoms with Gasteiger partial charge in [-0.25, -0.2) is 4.79 Å². The van der Waals surface area contributed by atoms with Gasteiger partial charge in [-0.2, -0.15) is 0 Å². The van der Waals surface area contributed by atoms with Gasteiger partial charge < -0.3 is 25.2 Å². The summed E-state index contributed by atoms with van der Waals surface area (Å²) in [5.41, 5.74) is 0.578. The van der Waals surface area contributed by atoms with Crippen LogP contribution in [0.25, 0.3) is 0 Å². The second-order valence-corrected chi connectivity index (χ2v) is 11.4. The molecule has 8 nitrogen and oxygen atoms in total. The standard InChI is InChI=1S/C29H18Cl4N2O6S/c30-22-20(21(29(38)39)23(31)25(33)24(22)32)27(36)34-15-7-4-8-17(11-15)42-26(14-5-2-1-3-6-14)28(37)35-16-9-10-18-19(12-16)41-13-40-18/h1-12,26H,13H2,(H,34,36)(H,35,37)(H,38,39). The minimum absolute atomic E-state index is 0.115. The number of carbonyl (C=O) groups is 3. The van der Waals surface area contributed by atoms with Crippen LogP contribution in [-0.4, -0.2) is 29.7 Å². The lowest BCUT2D eigenvalue weighted by Gasteiger charge is -2.18. The second-order valence-electron chi connectivity index (χ2n) is 8.76. The van der Waals surface area contributed by atoms with Gasteiger partial charge in [0.25, 0.3) is 5.91 Å². The van der Waals surface area contributed by atoms with Crippen molar-refractivity contribution in [3.8, 4) is 11.5 Å². The zero-order chi connectivity index (χ0) is 30.0. The summed E-state index contributed by atoms with van der Waals surface area (Å²) < 4.78 is 10.7. The van der Waals surface area contributed by atoms with E-state index in [-0.39, 0.29) is 27.8 Å². The average molecular weight is 664 g/mol. The maximum absolute atomic E-state index is 13.5. The zero-order valence-electron chi connectivity index (χ0n) is 21.1. The summed E-state index contributed by atoms with van der Waals surface area (Å²) in [6.45, 7) is 0.115. The van der Waals surface area contributed by atoms with Gasteiger partial charge in [0.2, 0.25) is 12.7 Å². The van der Waals surface area contributed by atoms with E-state index in [4.69, 9.17) is 55.9 Å². The van der Waals surface area contributed by atoms with Gasteiger partial charge in [-0.15, -0.1) is 11.8 Å². The Morgan fingerprint density at radius 3 is 2.12 bits per heavy atom. The number of benzene rings is 4. The third-order valence-electron chi connectivity index (χ3n) is 6.03. The smallest absolute Gasteiger partial charge is 0.338 e. The first kappa shape index (κ1) is 29.9. The predicted molar refractivity (Wildman–Crippen MR) is 164 cm³/mol. The second kappa shape index (κ2) is 12.7. The highest BCUT2D eigenvalue weighted by Crippen LogP contribution is 2.42. The quantitative estimate of drug-likeness (QED) is 0.0984. The first-order valence-corrected chi connectivity index (χ1v) is 14.5. The lowest BCUT2D eigenvalue weighted by molar-refractivity contribution is -0.115. The van der Waals surface area contributed by atoms with E-state index in [1.54, 1.807) is 42.5 Å². The number of anilines is 2. The lowest BCUT2D eigenvalue weighted by atomic mass is 10.1. The molecule has 1 heterocycles. The number of thioether (sulfide) groups is 1. The van der Waals surface area contributed by atoms with Crippen LogP contribution in [0.15, 0.2) is 77.7 Å². The Kier molecular flexibility index (Phi) is 9.05. The normalized spacial score (nSPS) is 12.5. The number of hydrogen-bond acceptors (Lipinski definition) is 6. The molecule has 1 atom stereocenters. The van der Waals surface area contributed by atoms with Crippen LogP contribution in [0, 0.1) is 0 Å². The van der Waals surface area contributed by atoms with Crippen LogP contribution in [0.5, 0.6) is 11.5 Å². The van der Waals surface area contributed by atoms with Gasteiger partial charge in [-0.1, -0.05) is 82.8 Å². The molecule has 1 unspecified atom stereocenters. The molecule has 0 saturated heterocycles. The number of halogens is 4. The number of carboxylic acids is 1. The van der Waals surface area contributed by atoms with Crippen molar-refractivity contribution in [1.82, 2.24) is 0 Å². The van der Waals surface area contributed by atoms with Crippen LogP contribution in [0.4, 0.5) is 11.4 Å². The van der Waals surface area contributed by atoms with Crippen LogP contribution in [0.2, 0.25) is 20.1 Å². The average Bonchev–Trinajstić information content (AvgIpc) is 3.45. The number of aromatic carboxylic acids is 1. The molecule has 0 fully saturated rings. The van der Waals surface area contributed by atoms with Crippen molar-refractivity contribution in [2.75, 3.05) is 17.4 Å². The van der Waals surface area contributed by atoms with E-state index in [1.165, 1.54) is 11.8 Å². The minimum Gasteiger partial charge on any atom is -0.478 e. The maximum atomic E-state index is 13.5. The lowest BCUT2D eigenvalue weighted by Crippen LogP contribution is -2.19. The molecular formula is C29H18Cl4N2O6S. The topological polar surface area (TPSA) is 114 Å². The zero-order valence-corrected chi connectivity index (χ0v) is 25.0. The third kappa shape index (κ3) is 6.25. The molecule has 0 aliphatic carbocycles. The largest absolute Gasteiger partial charge is 0.478 e. The van der Waals surface area contributed by atoms with Crippen molar-refractivity contribution in [1.29, 1.82) is 0 Å².